The minimum atomic E-state index is 0.344. The van der Waals surface area contributed by atoms with E-state index in [-0.39, 0.29) is 0 Å². The van der Waals surface area contributed by atoms with Gasteiger partial charge in [0.05, 0.1) is 15.4 Å². The summed E-state index contributed by atoms with van der Waals surface area (Å²) in [6.07, 6.45) is 0. The number of hydrogen-bond acceptors (Lipinski definition) is 4. The van der Waals surface area contributed by atoms with E-state index in [0.717, 1.165) is 26.9 Å². The van der Waals surface area contributed by atoms with Gasteiger partial charge in [-0.1, -0.05) is 41.5 Å². The molecule has 0 aliphatic heterocycles. The Morgan fingerprint density at radius 1 is 0.778 bits per heavy atom. The Morgan fingerprint density at radius 2 is 1.44 bits per heavy atom. The molecule has 0 spiro atoms. The zero-order valence-electron chi connectivity index (χ0n) is 12.0. The summed E-state index contributed by atoms with van der Waals surface area (Å²) < 4.78 is 1.16. The average Bonchev–Trinajstić information content (AvgIpc) is 2.70. The van der Waals surface area contributed by atoms with E-state index in [2.05, 4.69) is 51.5 Å². The highest BCUT2D eigenvalue weighted by molar-refractivity contribution is 7.18. The highest BCUT2D eigenvalue weighted by Gasteiger charge is 2.17. The van der Waals surface area contributed by atoms with Crippen LogP contribution in [-0.2, 0) is 0 Å². The molecule has 0 aliphatic rings. The van der Waals surface area contributed by atoms with E-state index < -0.39 is 0 Å². The highest BCUT2D eigenvalue weighted by atomic mass is 32.1. The third kappa shape index (κ3) is 2.39. The first-order chi connectivity index (χ1) is 8.40. The molecule has 0 bridgehead atoms. The molecule has 0 unspecified atom stereocenters. The van der Waals surface area contributed by atoms with Gasteiger partial charge in [0.15, 0.2) is 5.65 Å². The SMILES string of the molecule is CC(C)c1nc(C(C)C)c2sc(C(C)C)nc2n1. The maximum absolute atomic E-state index is 4.73. The van der Waals surface area contributed by atoms with Crippen molar-refractivity contribution >= 4 is 21.7 Å². The third-order valence-corrected chi connectivity index (χ3v) is 4.24. The number of fused-ring (bicyclic) bond motifs is 1. The van der Waals surface area contributed by atoms with Gasteiger partial charge in [-0.15, -0.1) is 11.3 Å². The molecular weight excluding hydrogens is 242 g/mol. The number of nitrogens with zero attached hydrogens (tertiary/aromatic N) is 3. The lowest BCUT2D eigenvalue weighted by atomic mass is 10.1. The van der Waals surface area contributed by atoms with Crippen LogP contribution in [0.15, 0.2) is 0 Å². The molecule has 2 aromatic heterocycles. The van der Waals surface area contributed by atoms with Crippen molar-refractivity contribution in [3.63, 3.8) is 0 Å². The molecule has 4 heteroatoms. The minimum Gasteiger partial charge on any atom is -0.236 e. The summed E-state index contributed by atoms with van der Waals surface area (Å²) in [7, 11) is 0. The van der Waals surface area contributed by atoms with E-state index in [1.807, 2.05) is 0 Å². The van der Waals surface area contributed by atoms with Crippen LogP contribution in [-0.4, -0.2) is 15.0 Å². The van der Waals surface area contributed by atoms with Crippen LogP contribution in [0.4, 0.5) is 0 Å². The first-order valence-electron chi connectivity index (χ1n) is 6.58. The van der Waals surface area contributed by atoms with Gasteiger partial charge in [-0.25, -0.2) is 15.0 Å². The van der Waals surface area contributed by atoms with Gasteiger partial charge in [-0.3, -0.25) is 0 Å². The maximum Gasteiger partial charge on any atom is 0.174 e. The Bertz CT molecular complexity index is 555. The first kappa shape index (κ1) is 13.4. The third-order valence-electron chi connectivity index (χ3n) is 2.87. The van der Waals surface area contributed by atoms with Crippen LogP contribution >= 0.6 is 11.3 Å². The lowest BCUT2D eigenvalue weighted by Gasteiger charge is -2.09. The van der Waals surface area contributed by atoms with Gasteiger partial charge in [0, 0.05) is 11.8 Å². The van der Waals surface area contributed by atoms with Gasteiger partial charge in [0.1, 0.15) is 5.82 Å². The molecule has 0 amide bonds. The van der Waals surface area contributed by atoms with Crippen molar-refractivity contribution < 1.29 is 0 Å². The quantitative estimate of drug-likeness (QED) is 0.820. The van der Waals surface area contributed by atoms with Gasteiger partial charge < -0.3 is 0 Å². The minimum absolute atomic E-state index is 0.344. The lowest BCUT2D eigenvalue weighted by Crippen LogP contribution is -2.03. The molecule has 0 saturated heterocycles. The van der Waals surface area contributed by atoms with Crippen LogP contribution in [0.1, 0.15) is 75.8 Å². The van der Waals surface area contributed by atoms with Crippen molar-refractivity contribution in [3.8, 4) is 0 Å². The second-order valence-corrected chi connectivity index (χ2v) is 6.67. The van der Waals surface area contributed by atoms with Crippen molar-refractivity contribution in [1.82, 2.24) is 15.0 Å². The largest absolute Gasteiger partial charge is 0.236 e. The zero-order valence-corrected chi connectivity index (χ0v) is 12.8. The molecule has 0 radical (unpaired) electrons. The number of thiazole rings is 1. The van der Waals surface area contributed by atoms with Crippen LogP contribution in [0.3, 0.4) is 0 Å². The Morgan fingerprint density at radius 3 is 1.94 bits per heavy atom. The van der Waals surface area contributed by atoms with Crippen molar-refractivity contribution in [2.75, 3.05) is 0 Å². The fourth-order valence-corrected chi connectivity index (χ4v) is 2.92. The predicted molar refractivity (Wildman–Crippen MR) is 77.5 cm³/mol. The Balaban J connectivity index is 2.69. The van der Waals surface area contributed by atoms with Crippen LogP contribution in [0.2, 0.25) is 0 Å². The van der Waals surface area contributed by atoms with Crippen LogP contribution in [0.5, 0.6) is 0 Å². The second kappa shape index (κ2) is 4.92. The molecule has 98 valence electrons. The molecule has 0 aliphatic carbocycles. The summed E-state index contributed by atoms with van der Waals surface area (Å²) >= 11 is 1.74. The van der Waals surface area contributed by atoms with Crippen LogP contribution in [0.25, 0.3) is 10.3 Å². The molecular formula is C14H21N3S. The number of hydrogen-bond donors (Lipinski definition) is 0. The normalized spacial score (nSPS) is 12.3. The molecule has 0 N–H and O–H groups in total. The molecule has 18 heavy (non-hydrogen) atoms. The average molecular weight is 263 g/mol. The predicted octanol–water partition coefficient (Wildman–Crippen LogP) is 4.46. The standard InChI is InChI=1S/C14H21N3S/c1-7(2)10-11-13(16-12(15-10)8(3)4)17-14(18-11)9(5)6/h7-9H,1-6H3. The number of aromatic nitrogens is 3. The van der Waals surface area contributed by atoms with Crippen LogP contribution < -0.4 is 0 Å². The van der Waals surface area contributed by atoms with E-state index in [9.17, 15) is 0 Å². The maximum atomic E-state index is 4.73. The van der Waals surface area contributed by atoms with E-state index >= 15 is 0 Å². The van der Waals surface area contributed by atoms with E-state index in [1.165, 1.54) is 0 Å². The van der Waals surface area contributed by atoms with Crippen LogP contribution in [0, 0.1) is 0 Å². The smallest absolute Gasteiger partial charge is 0.174 e. The van der Waals surface area contributed by atoms with Gasteiger partial charge in [0.25, 0.3) is 0 Å². The molecule has 2 heterocycles. The van der Waals surface area contributed by atoms with E-state index in [0.29, 0.717) is 17.8 Å². The Labute approximate surface area is 113 Å². The molecule has 3 nitrogen and oxygen atoms in total. The fourth-order valence-electron chi connectivity index (χ4n) is 1.77. The highest BCUT2D eigenvalue weighted by Crippen LogP contribution is 2.32. The second-order valence-electron chi connectivity index (χ2n) is 5.64. The van der Waals surface area contributed by atoms with E-state index in [1.54, 1.807) is 11.3 Å². The fraction of sp³-hybridized carbons (Fsp3) is 0.643. The molecule has 0 aromatic carbocycles. The van der Waals surface area contributed by atoms with Crippen molar-refractivity contribution in [2.24, 2.45) is 0 Å². The monoisotopic (exact) mass is 263 g/mol. The zero-order chi connectivity index (χ0) is 13.4. The van der Waals surface area contributed by atoms with Gasteiger partial charge in [-0.2, -0.15) is 0 Å². The van der Waals surface area contributed by atoms with Gasteiger partial charge in [-0.05, 0) is 5.92 Å². The van der Waals surface area contributed by atoms with E-state index in [4.69, 9.17) is 4.98 Å². The Kier molecular flexibility index (Phi) is 3.66. The summed E-state index contributed by atoms with van der Waals surface area (Å²) in [5.74, 6) is 2.11. The molecule has 2 aromatic rings. The molecule has 2 rings (SSSR count). The Hall–Kier alpha value is -1.03. The lowest BCUT2D eigenvalue weighted by molar-refractivity contribution is 0.742. The summed E-state index contributed by atoms with van der Waals surface area (Å²) in [5.41, 5.74) is 2.03. The number of rotatable bonds is 3. The summed E-state index contributed by atoms with van der Waals surface area (Å²) in [4.78, 5) is 14.0. The molecule has 0 saturated carbocycles. The molecule has 0 fully saturated rings. The molecule has 0 atom stereocenters. The van der Waals surface area contributed by atoms with Crippen molar-refractivity contribution in [2.45, 2.75) is 59.3 Å². The first-order valence-corrected chi connectivity index (χ1v) is 7.40. The van der Waals surface area contributed by atoms with Crippen molar-refractivity contribution in [3.05, 3.63) is 16.5 Å². The summed E-state index contributed by atoms with van der Waals surface area (Å²) in [5, 5.41) is 1.15. The topological polar surface area (TPSA) is 38.7 Å². The van der Waals surface area contributed by atoms with Crippen molar-refractivity contribution in [1.29, 1.82) is 0 Å². The van der Waals surface area contributed by atoms with Gasteiger partial charge in [0.2, 0.25) is 0 Å². The summed E-state index contributed by atoms with van der Waals surface area (Å²) in [6, 6.07) is 0. The summed E-state index contributed by atoms with van der Waals surface area (Å²) in [6.45, 7) is 13.0. The van der Waals surface area contributed by atoms with Gasteiger partial charge >= 0.3 is 0 Å².